The number of H-pyrrole nitrogens is 1. The number of rotatable bonds is 4. The molecule has 7 nitrogen and oxygen atoms in total. The maximum absolute atomic E-state index is 13.1. The normalized spacial score (nSPS) is 21.8. The van der Waals surface area contributed by atoms with E-state index in [1.165, 1.54) is 11.3 Å². The molecule has 4 rings (SSSR count). The standard InChI is InChI=1S/C17H22N4O3S/c22-14(15-2-1-7-25-15)8-11-10-24-6-5-21(11)17(23)16-12-9-18-4-3-13(12)19-20-16/h1-2,7,11,14,18,22H,3-6,8-10H2,(H,19,20). The molecule has 0 spiro atoms. The molecule has 0 bridgehead atoms. The lowest BCUT2D eigenvalue weighted by Gasteiger charge is -2.36. The second-order valence-corrected chi connectivity index (χ2v) is 7.43. The van der Waals surface area contributed by atoms with Gasteiger partial charge in [0.15, 0.2) is 5.69 Å². The number of aliphatic hydroxyl groups excluding tert-OH is 1. The van der Waals surface area contributed by atoms with Crippen LogP contribution in [0.3, 0.4) is 0 Å². The van der Waals surface area contributed by atoms with Crippen LogP contribution >= 0.6 is 11.3 Å². The number of nitrogens with zero attached hydrogens (tertiary/aromatic N) is 2. The van der Waals surface area contributed by atoms with E-state index in [1.54, 1.807) is 0 Å². The summed E-state index contributed by atoms with van der Waals surface area (Å²) in [5, 5.41) is 23.0. The number of aliphatic hydroxyl groups is 1. The van der Waals surface area contributed by atoms with Crippen LogP contribution in [-0.2, 0) is 17.7 Å². The third kappa shape index (κ3) is 3.35. The highest BCUT2D eigenvalue weighted by molar-refractivity contribution is 7.10. The minimum absolute atomic E-state index is 0.0760. The van der Waals surface area contributed by atoms with Gasteiger partial charge in [-0.05, 0) is 11.4 Å². The zero-order chi connectivity index (χ0) is 17.2. The SMILES string of the molecule is O=C(c1n[nH]c2c1CNCC2)N1CCOCC1CC(O)c1cccs1. The van der Waals surface area contributed by atoms with Gasteiger partial charge in [-0.1, -0.05) is 6.07 Å². The minimum atomic E-state index is -0.586. The van der Waals surface area contributed by atoms with Gasteiger partial charge >= 0.3 is 0 Å². The van der Waals surface area contributed by atoms with Crippen LogP contribution < -0.4 is 5.32 Å². The molecule has 3 N–H and O–H groups in total. The molecule has 0 aliphatic carbocycles. The van der Waals surface area contributed by atoms with Gasteiger partial charge in [-0.3, -0.25) is 9.89 Å². The van der Waals surface area contributed by atoms with Gasteiger partial charge in [-0.2, -0.15) is 5.10 Å². The van der Waals surface area contributed by atoms with Crippen LogP contribution in [-0.4, -0.2) is 58.5 Å². The van der Waals surface area contributed by atoms with Gasteiger partial charge in [0.05, 0.1) is 25.4 Å². The van der Waals surface area contributed by atoms with E-state index in [9.17, 15) is 9.90 Å². The van der Waals surface area contributed by atoms with E-state index in [-0.39, 0.29) is 11.9 Å². The highest BCUT2D eigenvalue weighted by atomic mass is 32.1. The Morgan fingerprint density at radius 2 is 2.48 bits per heavy atom. The summed E-state index contributed by atoms with van der Waals surface area (Å²) in [5.74, 6) is -0.0760. The lowest BCUT2D eigenvalue weighted by molar-refractivity contribution is -0.0173. The molecule has 2 atom stereocenters. The maximum atomic E-state index is 13.1. The Morgan fingerprint density at radius 1 is 1.56 bits per heavy atom. The van der Waals surface area contributed by atoms with Crippen LogP contribution in [0.2, 0.25) is 0 Å². The Kier molecular flexibility index (Phi) is 4.85. The molecule has 8 heteroatoms. The van der Waals surface area contributed by atoms with Crippen LogP contribution in [0.5, 0.6) is 0 Å². The van der Waals surface area contributed by atoms with Gasteiger partial charge in [0.1, 0.15) is 0 Å². The number of hydrogen-bond donors (Lipinski definition) is 3. The topological polar surface area (TPSA) is 90.5 Å². The quantitative estimate of drug-likeness (QED) is 0.757. The number of ether oxygens (including phenoxy) is 1. The molecule has 0 saturated carbocycles. The van der Waals surface area contributed by atoms with Crippen molar-refractivity contribution in [3.8, 4) is 0 Å². The molecule has 134 valence electrons. The molecule has 2 unspecified atom stereocenters. The van der Waals surface area contributed by atoms with E-state index in [4.69, 9.17) is 4.74 Å². The fourth-order valence-electron chi connectivity index (χ4n) is 3.51. The minimum Gasteiger partial charge on any atom is -0.387 e. The summed E-state index contributed by atoms with van der Waals surface area (Å²) in [6.45, 7) is 3.05. The molecule has 4 heterocycles. The summed E-state index contributed by atoms with van der Waals surface area (Å²) < 4.78 is 5.57. The highest BCUT2D eigenvalue weighted by Gasteiger charge is 2.33. The van der Waals surface area contributed by atoms with Crippen LogP contribution in [0.4, 0.5) is 0 Å². The van der Waals surface area contributed by atoms with Crippen molar-refractivity contribution >= 4 is 17.2 Å². The lowest BCUT2D eigenvalue weighted by atomic mass is 10.0. The van der Waals surface area contributed by atoms with Crippen molar-refractivity contribution in [3.63, 3.8) is 0 Å². The molecule has 2 aromatic heterocycles. The first-order valence-electron chi connectivity index (χ1n) is 8.61. The molecular weight excluding hydrogens is 340 g/mol. The zero-order valence-corrected chi connectivity index (χ0v) is 14.7. The lowest BCUT2D eigenvalue weighted by Crippen LogP contribution is -2.49. The van der Waals surface area contributed by atoms with Gasteiger partial charge in [-0.25, -0.2) is 0 Å². The van der Waals surface area contributed by atoms with E-state index < -0.39 is 6.10 Å². The average Bonchev–Trinajstić information content (AvgIpc) is 3.31. The van der Waals surface area contributed by atoms with Crippen molar-refractivity contribution in [2.45, 2.75) is 31.5 Å². The number of nitrogens with one attached hydrogen (secondary N) is 2. The monoisotopic (exact) mass is 362 g/mol. The van der Waals surface area contributed by atoms with Crippen LogP contribution in [0.1, 0.15) is 39.1 Å². The largest absolute Gasteiger partial charge is 0.387 e. The number of carbonyl (C=O) groups excluding carboxylic acids is 1. The van der Waals surface area contributed by atoms with E-state index in [0.29, 0.717) is 38.4 Å². The van der Waals surface area contributed by atoms with E-state index in [1.807, 2.05) is 22.4 Å². The number of fused-ring (bicyclic) bond motifs is 1. The van der Waals surface area contributed by atoms with Crippen molar-refractivity contribution in [1.29, 1.82) is 0 Å². The van der Waals surface area contributed by atoms with Gasteiger partial charge in [-0.15, -0.1) is 11.3 Å². The molecule has 2 aromatic rings. The first kappa shape index (κ1) is 16.7. The van der Waals surface area contributed by atoms with Crippen LogP contribution in [0.15, 0.2) is 17.5 Å². The molecule has 2 aliphatic heterocycles. The Balaban J connectivity index is 1.52. The number of hydrogen-bond acceptors (Lipinski definition) is 6. The molecule has 1 amide bonds. The summed E-state index contributed by atoms with van der Waals surface area (Å²) in [6, 6.07) is 3.69. The van der Waals surface area contributed by atoms with Gasteiger partial charge in [0.2, 0.25) is 0 Å². The molecule has 0 aromatic carbocycles. The Morgan fingerprint density at radius 3 is 3.32 bits per heavy atom. The number of amides is 1. The molecular formula is C17H22N4O3S. The molecule has 25 heavy (non-hydrogen) atoms. The summed E-state index contributed by atoms with van der Waals surface area (Å²) in [5.41, 5.74) is 2.52. The van der Waals surface area contributed by atoms with Gasteiger partial charge in [0, 0.05) is 48.6 Å². The van der Waals surface area contributed by atoms with E-state index in [0.717, 1.165) is 29.1 Å². The summed E-state index contributed by atoms with van der Waals surface area (Å²) in [4.78, 5) is 15.8. The number of thiophene rings is 1. The van der Waals surface area contributed by atoms with Crippen LogP contribution in [0.25, 0.3) is 0 Å². The third-order valence-electron chi connectivity index (χ3n) is 4.86. The number of carbonyl (C=O) groups is 1. The van der Waals surface area contributed by atoms with E-state index >= 15 is 0 Å². The summed E-state index contributed by atoms with van der Waals surface area (Å²) >= 11 is 1.53. The Labute approximate surface area is 150 Å². The second kappa shape index (κ2) is 7.25. The molecule has 1 saturated heterocycles. The average molecular weight is 362 g/mol. The van der Waals surface area contributed by atoms with Crippen molar-refractivity contribution in [2.75, 3.05) is 26.3 Å². The Bertz CT molecular complexity index is 730. The fraction of sp³-hybridized carbons (Fsp3) is 0.529. The third-order valence-corrected chi connectivity index (χ3v) is 5.84. The smallest absolute Gasteiger partial charge is 0.275 e. The molecule has 2 aliphatic rings. The number of aromatic amines is 1. The van der Waals surface area contributed by atoms with Crippen molar-refractivity contribution in [1.82, 2.24) is 20.4 Å². The first-order chi connectivity index (χ1) is 12.2. The van der Waals surface area contributed by atoms with Crippen molar-refractivity contribution < 1.29 is 14.6 Å². The van der Waals surface area contributed by atoms with E-state index in [2.05, 4.69) is 15.5 Å². The zero-order valence-electron chi connectivity index (χ0n) is 13.9. The molecule has 1 fully saturated rings. The van der Waals surface area contributed by atoms with Crippen LogP contribution in [0, 0.1) is 0 Å². The van der Waals surface area contributed by atoms with Gasteiger partial charge in [0.25, 0.3) is 5.91 Å². The first-order valence-corrected chi connectivity index (χ1v) is 9.49. The highest BCUT2D eigenvalue weighted by Crippen LogP contribution is 2.27. The van der Waals surface area contributed by atoms with Crippen molar-refractivity contribution in [2.24, 2.45) is 0 Å². The van der Waals surface area contributed by atoms with Crippen molar-refractivity contribution in [3.05, 3.63) is 39.3 Å². The summed E-state index contributed by atoms with van der Waals surface area (Å²) in [7, 11) is 0. The predicted molar refractivity (Wildman–Crippen MR) is 93.5 cm³/mol. The summed E-state index contributed by atoms with van der Waals surface area (Å²) in [6.07, 6.45) is 0.743. The maximum Gasteiger partial charge on any atom is 0.275 e. The Hall–Kier alpha value is -1.74. The second-order valence-electron chi connectivity index (χ2n) is 6.45. The predicted octanol–water partition coefficient (Wildman–Crippen LogP) is 1.08. The number of morpholine rings is 1. The number of aromatic nitrogens is 2. The molecule has 0 radical (unpaired) electrons. The van der Waals surface area contributed by atoms with Gasteiger partial charge < -0.3 is 20.1 Å². The fourth-order valence-corrected chi connectivity index (χ4v) is 4.24.